The van der Waals surface area contributed by atoms with Gasteiger partial charge >= 0.3 is 19.5 Å². The van der Waals surface area contributed by atoms with Gasteiger partial charge in [-0.25, -0.2) is 22.5 Å². The normalized spacial score (nSPS) is 15.5. The lowest BCUT2D eigenvalue weighted by atomic mass is 9.81. The number of carboxylic acids is 1. The molecule has 2 aromatic carbocycles. The van der Waals surface area contributed by atoms with Crippen molar-refractivity contribution in [1.82, 2.24) is 5.32 Å². The minimum absolute atomic E-state index is 0.000883. The number of carbonyl (C=O) groups excluding carboxylic acids is 6. The number of hydrogen-bond acceptors (Lipinski definition) is 15. The molecule has 20 nitrogen and oxygen atoms in total. The van der Waals surface area contributed by atoms with E-state index in [1.807, 2.05) is 6.92 Å². The van der Waals surface area contributed by atoms with Crippen molar-refractivity contribution in [3.63, 3.8) is 0 Å². The Kier molecular flexibility index (Phi) is 18.7. The van der Waals surface area contributed by atoms with Crippen LogP contribution in [0.15, 0.2) is 46.4 Å². The fraction of sp³-hybridized carbons (Fsp3) is 0.447. The predicted octanol–water partition coefficient (Wildman–Crippen LogP) is 4.25. The number of ketones is 3. The average molecular weight is 932 g/mol. The van der Waals surface area contributed by atoms with Gasteiger partial charge in [0.2, 0.25) is 0 Å². The number of anilines is 1. The molecule has 0 spiro atoms. The van der Waals surface area contributed by atoms with Crippen LogP contribution < -0.4 is 15.0 Å². The Morgan fingerprint density at radius 2 is 1.58 bits per heavy atom. The lowest BCUT2D eigenvalue weighted by Crippen LogP contribution is -2.35. The number of nitro groups is 1. The standard InChI is InChI=1S/C21H23ClFNO5.C14H13NO7S.C3H8NO5P/c1-2-3-6-9-28-19(25)12-29-18-11-17(16(23)10-15(18)22)24-20(26)13-7-4-5-8-14(13)21(24)27;1-23(21,22)8-5-6-9(10(7-8)15(19)20)14(18)13-11(16)3-2-4-12(13)17;5-3(6)1-4-2-10(7,8)9/h10-11H,2-9,12H2,1H3;5-7,13H,2-4H2,1H3;4H,1-2H2,(H,5,6)(H2,7,8,9). The molecule has 338 valence electrons. The van der Waals surface area contributed by atoms with Crippen LogP contribution in [0.5, 0.6) is 5.75 Å². The van der Waals surface area contributed by atoms with E-state index >= 15 is 0 Å². The zero-order chi connectivity index (χ0) is 46.5. The number of nitrogens with zero attached hydrogens (tertiary/aromatic N) is 2. The predicted molar refractivity (Wildman–Crippen MR) is 216 cm³/mol. The SMILES string of the molecule is CCCCCOC(=O)COc1cc(N2C(=O)C3=C(CCCC3)C2=O)c(F)cc1Cl.CS(=O)(=O)c1ccc(C(=O)C2C(=O)CCCC2=O)c([N+](=O)[O-])c1.O=C(O)CNCP(=O)(O)O. The number of sulfone groups is 1. The van der Waals surface area contributed by atoms with Gasteiger partial charge in [0, 0.05) is 42.4 Å². The number of rotatable bonds is 16. The van der Waals surface area contributed by atoms with Crippen molar-refractivity contribution in [2.45, 2.75) is 76.0 Å². The molecule has 3 aliphatic rings. The molecule has 0 radical (unpaired) electrons. The fourth-order valence-electron chi connectivity index (χ4n) is 6.24. The molecule has 1 heterocycles. The highest BCUT2D eigenvalue weighted by molar-refractivity contribution is 7.90. The summed E-state index contributed by atoms with van der Waals surface area (Å²) in [5.74, 6) is -7.16. The topological polar surface area (TPSA) is 308 Å². The van der Waals surface area contributed by atoms with Crippen LogP contribution in [0.25, 0.3) is 0 Å². The van der Waals surface area contributed by atoms with Crippen molar-refractivity contribution in [3.05, 3.63) is 68.0 Å². The van der Waals surface area contributed by atoms with E-state index < -0.39 is 106 Å². The Morgan fingerprint density at radius 1 is 0.984 bits per heavy atom. The Labute approximate surface area is 359 Å². The van der Waals surface area contributed by atoms with E-state index in [1.54, 1.807) is 0 Å². The van der Waals surface area contributed by atoms with E-state index in [9.17, 15) is 61.0 Å². The number of ether oxygens (including phenoxy) is 2. The lowest BCUT2D eigenvalue weighted by molar-refractivity contribution is -0.385. The van der Waals surface area contributed by atoms with Crippen LogP contribution in [-0.4, -0.2) is 102 Å². The third-order valence-corrected chi connectivity index (χ3v) is 11.2. The summed E-state index contributed by atoms with van der Waals surface area (Å²) in [7, 11) is -7.79. The zero-order valence-corrected chi connectivity index (χ0v) is 35.9. The van der Waals surface area contributed by atoms with Crippen molar-refractivity contribution in [3.8, 4) is 5.75 Å². The Hall–Kier alpha value is -5.25. The van der Waals surface area contributed by atoms with Crippen molar-refractivity contribution < 1.29 is 80.2 Å². The second-order valence-electron chi connectivity index (χ2n) is 14.0. The molecule has 2 aromatic rings. The highest BCUT2D eigenvalue weighted by atomic mass is 35.5. The van der Waals surface area contributed by atoms with Crippen LogP contribution in [-0.2, 0) is 47.9 Å². The van der Waals surface area contributed by atoms with Crippen molar-refractivity contribution in [2.24, 2.45) is 5.92 Å². The number of nitrogens with one attached hydrogen (secondary N) is 1. The number of aliphatic carboxylic acids is 1. The molecule has 0 saturated heterocycles. The highest BCUT2D eigenvalue weighted by Gasteiger charge is 2.42. The van der Waals surface area contributed by atoms with E-state index in [4.69, 9.17) is 36.0 Å². The minimum Gasteiger partial charge on any atom is -0.480 e. The molecule has 2 aliphatic carbocycles. The molecule has 0 bridgehead atoms. The number of amides is 2. The van der Waals surface area contributed by atoms with Crippen LogP contribution in [0.1, 0.15) is 81.5 Å². The first-order valence-corrected chi connectivity index (χ1v) is 23.0. The van der Waals surface area contributed by atoms with Gasteiger partial charge in [-0.3, -0.25) is 48.8 Å². The number of Topliss-reactive ketones (excluding diaryl/α,β-unsaturated/α-hetero) is 3. The molecule has 0 aromatic heterocycles. The number of hydrogen-bond donors (Lipinski definition) is 4. The molecule has 4 N–H and O–H groups in total. The number of nitro benzene ring substituents is 1. The minimum atomic E-state index is -4.10. The Morgan fingerprint density at radius 3 is 2.10 bits per heavy atom. The van der Waals surface area contributed by atoms with Gasteiger partial charge in [-0.1, -0.05) is 31.4 Å². The van der Waals surface area contributed by atoms with E-state index in [0.29, 0.717) is 37.0 Å². The number of esters is 1. The van der Waals surface area contributed by atoms with E-state index in [0.717, 1.165) is 67.5 Å². The molecule has 1 fully saturated rings. The first-order valence-electron chi connectivity index (χ1n) is 18.9. The number of imide groups is 1. The molecule has 0 atom stereocenters. The summed E-state index contributed by atoms with van der Waals surface area (Å²) >= 11 is 6.02. The van der Waals surface area contributed by atoms with E-state index in [-0.39, 0.29) is 34.2 Å². The molecular formula is C38H44ClFN3O17PS. The zero-order valence-electron chi connectivity index (χ0n) is 33.4. The van der Waals surface area contributed by atoms with E-state index in [2.05, 4.69) is 5.32 Å². The van der Waals surface area contributed by atoms with Crippen LogP contribution in [0.2, 0.25) is 5.02 Å². The van der Waals surface area contributed by atoms with Crippen LogP contribution >= 0.6 is 19.2 Å². The second kappa shape index (κ2) is 22.7. The Bertz CT molecular complexity index is 2270. The summed E-state index contributed by atoms with van der Waals surface area (Å²) < 4.78 is 58.0. The second-order valence-corrected chi connectivity index (χ2v) is 18.1. The maximum Gasteiger partial charge on any atom is 0.344 e. The van der Waals surface area contributed by atoms with Crippen LogP contribution in [0.3, 0.4) is 0 Å². The molecule has 2 amide bonds. The molecule has 62 heavy (non-hydrogen) atoms. The Balaban J connectivity index is 0.000000276. The quantitative estimate of drug-likeness (QED) is 0.0267. The molecule has 1 aliphatic heterocycles. The fourth-order valence-corrected chi connectivity index (χ4v) is 7.49. The van der Waals surface area contributed by atoms with Crippen molar-refractivity contribution in [2.75, 3.05) is 37.2 Å². The first kappa shape index (κ1) is 51.1. The number of carboxylic acid groups (broad SMARTS) is 1. The van der Waals surface area contributed by atoms with Gasteiger partial charge in [-0.05, 0) is 56.7 Å². The maximum atomic E-state index is 14.5. The summed E-state index contributed by atoms with van der Waals surface area (Å²) in [4.78, 5) is 110. The number of carbonyl (C=O) groups is 7. The first-order chi connectivity index (χ1) is 29.0. The number of halogens is 2. The van der Waals surface area contributed by atoms with Gasteiger partial charge in [0.15, 0.2) is 33.8 Å². The third-order valence-electron chi connectivity index (χ3n) is 9.20. The molecular weight excluding hydrogens is 888 g/mol. The number of unbranched alkanes of at least 4 members (excludes halogenated alkanes) is 2. The molecule has 5 rings (SSSR count). The van der Waals surface area contributed by atoms with Crippen molar-refractivity contribution >= 4 is 81.5 Å². The van der Waals surface area contributed by atoms with Crippen LogP contribution in [0.4, 0.5) is 15.8 Å². The largest absolute Gasteiger partial charge is 0.480 e. The van der Waals surface area contributed by atoms with Gasteiger partial charge in [-0.15, -0.1) is 0 Å². The van der Waals surface area contributed by atoms with Gasteiger partial charge in [0.05, 0.1) is 45.5 Å². The number of benzene rings is 2. The molecule has 24 heteroatoms. The van der Waals surface area contributed by atoms with Gasteiger partial charge in [0.1, 0.15) is 17.5 Å². The highest BCUT2D eigenvalue weighted by Crippen LogP contribution is 2.40. The summed E-state index contributed by atoms with van der Waals surface area (Å²) in [6.45, 7) is 1.49. The molecule has 0 unspecified atom stereocenters. The van der Waals surface area contributed by atoms with Gasteiger partial charge in [0.25, 0.3) is 17.5 Å². The lowest BCUT2D eigenvalue weighted by Gasteiger charge is -2.18. The summed E-state index contributed by atoms with van der Waals surface area (Å²) in [5, 5.41) is 21.1. The average Bonchev–Trinajstić information content (AvgIpc) is 3.43. The van der Waals surface area contributed by atoms with Crippen LogP contribution in [0, 0.1) is 21.8 Å². The summed E-state index contributed by atoms with van der Waals surface area (Å²) in [6.07, 6.45) is 6.17. The summed E-state index contributed by atoms with van der Waals surface area (Å²) in [6, 6.07) is 4.94. The third kappa shape index (κ3) is 14.4. The smallest absolute Gasteiger partial charge is 0.344 e. The summed E-state index contributed by atoms with van der Waals surface area (Å²) in [5.41, 5.74) is -0.493. The van der Waals surface area contributed by atoms with Gasteiger partial charge < -0.3 is 24.4 Å². The van der Waals surface area contributed by atoms with Gasteiger partial charge in [-0.2, -0.15) is 0 Å². The molecule has 1 saturated carbocycles. The monoisotopic (exact) mass is 931 g/mol. The van der Waals surface area contributed by atoms with Crippen molar-refractivity contribution in [1.29, 1.82) is 0 Å². The van der Waals surface area contributed by atoms with E-state index in [1.165, 1.54) is 6.07 Å². The maximum absolute atomic E-state index is 14.5.